The van der Waals surface area contributed by atoms with Crippen molar-refractivity contribution in [3.05, 3.63) is 5.82 Å². The van der Waals surface area contributed by atoms with Gasteiger partial charge in [0.2, 0.25) is 5.95 Å². The van der Waals surface area contributed by atoms with Gasteiger partial charge in [-0.3, -0.25) is 4.57 Å². The van der Waals surface area contributed by atoms with Gasteiger partial charge in [-0.1, -0.05) is 0 Å². The van der Waals surface area contributed by atoms with Crippen LogP contribution in [0.3, 0.4) is 0 Å². The van der Waals surface area contributed by atoms with E-state index in [4.69, 9.17) is 9.47 Å². The van der Waals surface area contributed by atoms with Gasteiger partial charge in [-0.15, -0.1) is 10.2 Å². The zero-order valence-electron chi connectivity index (χ0n) is 14.6. The van der Waals surface area contributed by atoms with Crippen LogP contribution in [0.4, 0.5) is 5.95 Å². The number of anilines is 1. The highest BCUT2D eigenvalue weighted by atomic mass is 16.5. The third-order valence-corrected chi connectivity index (χ3v) is 6.36. The lowest BCUT2D eigenvalue weighted by Gasteiger charge is -2.29. The summed E-state index contributed by atoms with van der Waals surface area (Å²) in [6, 6.07) is 0.665. The van der Waals surface area contributed by atoms with Gasteiger partial charge in [0.25, 0.3) is 0 Å². The first-order valence-electron chi connectivity index (χ1n) is 9.74. The second-order valence-electron chi connectivity index (χ2n) is 8.10. The van der Waals surface area contributed by atoms with Crippen molar-refractivity contribution >= 4 is 5.95 Å². The molecule has 3 aliphatic heterocycles. The highest BCUT2D eigenvalue weighted by Crippen LogP contribution is 2.41. The van der Waals surface area contributed by atoms with Gasteiger partial charge in [-0.05, 0) is 57.8 Å². The Morgan fingerprint density at radius 2 is 2.08 bits per heavy atom. The number of nitrogens with zero attached hydrogens (tertiary/aromatic N) is 4. The normalized spacial score (nSPS) is 38.5. The summed E-state index contributed by atoms with van der Waals surface area (Å²) in [4.78, 5) is 2.51. The van der Waals surface area contributed by atoms with Gasteiger partial charge in [-0.2, -0.15) is 0 Å². The van der Waals surface area contributed by atoms with Crippen molar-refractivity contribution in [1.82, 2.24) is 14.8 Å². The quantitative estimate of drug-likeness (QED) is 0.848. The predicted molar refractivity (Wildman–Crippen MR) is 90.0 cm³/mol. The summed E-state index contributed by atoms with van der Waals surface area (Å²) in [7, 11) is 0. The molecule has 4 fully saturated rings. The number of piperidine rings is 1. The maximum absolute atomic E-state index is 6.11. The standard InChI is InChI=1S/C18H28N4O2/c1-12-4-7-16(24-12)17-19-20-18(21-10-13-5-6-14(21)9-13)22(17)11-15-3-2-8-23-15/h12-16H,2-11H2,1H3/t12-,13?,14?,15?,16-/m0/s1. The zero-order valence-corrected chi connectivity index (χ0v) is 14.6. The summed E-state index contributed by atoms with van der Waals surface area (Å²) >= 11 is 0. The van der Waals surface area contributed by atoms with E-state index >= 15 is 0 Å². The number of ether oxygens (including phenoxy) is 2. The maximum Gasteiger partial charge on any atom is 0.227 e. The lowest BCUT2D eigenvalue weighted by Crippen LogP contribution is -2.35. The molecule has 4 aliphatic rings. The Balaban J connectivity index is 1.45. The Kier molecular flexibility index (Phi) is 3.78. The SMILES string of the molecule is C[C@H]1CC[C@@H](c2nnc(N3CC4CCC3C4)n2CC2CCCO2)O1. The molecule has 5 rings (SSSR count). The second-order valence-corrected chi connectivity index (χ2v) is 8.10. The lowest BCUT2D eigenvalue weighted by molar-refractivity contribution is 0.0445. The van der Waals surface area contributed by atoms with E-state index in [9.17, 15) is 0 Å². The van der Waals surface area contributed by atoms with Crippen LogP contribution in [-0.4, -0.2) is 46.2 Å². The van der Waals surface area contributed by atoms with E-state index in [0.717, 1.165) is 56.6 Å². The molecule has 6 nitrogen and oxygen atoms in total. The van der Waals surface area contributed by atoms with E-state index in [2.05, 4.69) is 26.6 Å². The highest BCUT2D eigenvalue weighted by molar-refractivity contribution is 5.37. The summed E-state index contributed by atoms with van der Waals surface area (Å²) in [6.07, 6.45) is 9.24. The number of rotatable bonds is 4. The largest absolute Gasteiger partial charge is 0.376 e. The van der Waals surface area contributed by atoms with Crippen LogP contribution in [0.1, 0.15) is 63.8 Å². The Bertz CT molecular complexity index is 598. The lowest BCUT2D eigenvalue weighted by atomic mass is 10.1. The molecule has 5 atom stereocenters. The van der Waals surface area contributed by atoms with E-state index in [0.29, 0.717) is 18.2 Å². The number of fused-ring (bicyclic) bond motifs is 2. The minimum absolute atomic E-state index is 0.0995. The first-order valence-corrected chi connectivity index (χ1v) is 9.74. The van der Waals surface area contributed by atoms with Gasteiger partial charge in [-0.25, -0.2) is 0 Å². The molecule has 1 aromatic rings. The fourth-order valence-corrected chi connectivity index (χ4v) is 5.09. The van der Waals surface area contributed by atoms with Crippen LogP contribution in [0.5, 0.6) is 0 Å². The molecule has 0 spiro atoms. The van der Waals surface area contributed by atoms with Crippen molar-refractivity contribution < 1.29 is 9.47 Å². The molecule has 24 heavy (non-hydrogen) atoms. The summed E-state index contributed by atoms with van der Waals surface area (Å²) in [5.74, 6) is 2.94. The molecule has 4 heterocycles. The minimum atomic E-state index is 0.0995. The van der Waals surface area contributed by atoms with Crippen LogP contribution in [0.2, 0.25) is 0 Å². The van der Waals surface area contributed by atoms with E-state index < -0.39 is 0 Å². The van der Waals surface area contributed by atoms with E-state index in [-0.39, 0.29) is 6.10 Å². The van der Waals surface area contributed by atoms with Crippen molar-refractivity contribution in [2.24, 2.45) is 5.92 Å². The van der Waals surface area contributed by atoms with Gasteiger partial charge in [0.1, 0.15) is 6.10 Å². The molecule has 0 radical (unpaired) electrons. The van der Waals surface area contributed by atoms with Crippen molar-refractivity contribution in [1.29, 1.82) is 0 Å². The van der Waals surface area contributed by atoms with Crippen LogP contribution in [0, 0.1) is 5.92 Å². The predicted octanol–water partition coefficient (Wildman–Crippen LogP) is 2.69. The van der Waals surface area contributed by atoms with Crippen molar-refractivity contribution in [2.45, 2.75) is 82.8 Å². The molecule has 1 saturated carbocycles. The molecule has 0 amide bonds. The van der Waals surface area contributed by atoms with Gasteiger partial charge >= 0.3 is 0 Å². The average molecular weight is 332 g/mol. The van der Waals surface area contributed by atoms with Crippen LogP contribution in [-0.2, 0) is 16.0 Å². The fourth-order valence-electron chi connectivity index (χ4n) is 5.09. The zero-order chi connectivity index (χ0) is 16.1. The molecule has 2 bridgehead atoms. The van der Waals surface area contributed by atoms with Crippen molar-refractivity contribution in [3.63, 3.8) is 0 Å². The summed E-state index contributed by atoms with van der Waals surface area (Å²) < 4.78 is 14.3. The number of hydrogen-bond donors (Lipinski definition) is 0. The molecule has 3 saturated heterocycles. The van der Waals surface area contributed by atoms with Crippen LogP contribution >= 0.6 is 0 Å². The molecule has 0 N–H and O–H groups in total. The van der Waals surface area contributed by atoms with Gasteiger partial charge in [0.15, 0.2) is 5.82 Å². The number of aromatic nitrogens is 3. The molecule has 1 aromatic heterocycles. The maximum atomic E-state index is 6.11. The van der Waals surface area contributed by atoms with Crippen LogP contribution in [0.15, 0.2) is 0 Å². The molecule has 3 unspecified atom stereocenters. The second kappa shape index (κ2) is 5.99. The highest BCUT2D eigenvalue weighted by Gasteiger charge is 2.41. The summed E-state index contributed by atoms with van der Waals surface area (Å²) in [6.45, 7) is 5.07. The van der Waals surface area contributed by atoms with E-state index in [1.54, 1.807) is 0 Å². The summed E-state index contributed by atoms with van der Waals surface area (Å²) in [5, 5.41) is 9.23. The molecular weight excluding hydrogens is 304 g/mol. The van der Waals surface area contributed by atoms with Crippen LogP contribution in [0.25, 0.3) is 0 Å². The molecule has 0 aromatic carbocycles. The smallest absolute Gasteiger partial charge is 0.227 e. The Morgan fingerprint density at radius 3 is 2.75 bits per heavy atom. The van der Waals surface area contributed by atoms with Crippen molar-refractivity contribution in [2.75, 3.05) is 18.1 Å². The van der Waals surface area contributed by atoms with Crippen molar-refractivity contribution in [3.8, 4) is 0 Å². The van der Waals surface area contributed by atoms with Gasteiger partial charge in [0.05, 0.1) is 18.8 Å². The minimum Gasteiger partial charge on any atom is -0.376 e. The molecule has 132 valence electrons. The molecular formula is C18H28N4O2. The Morgan fingerprint density at radius 1 is 1.12 bits per heavy atom. The van der Waals surface area contributed by atoms with E-state index in [1.165, 1.54) is 25.7 Å². The fraction of sp³-hybridized carbons (Fsp3) is 0.889. The molecule has 6 heteroatoms. The third-order valence-electron chi connectivity index (χ3n) is 6.36. The monoisotopic (exact) mass is 332 g/mol. The average Bonchev–Trinajstić information content (AvgIpc) is 3.37. The topological polar surface area (TPSA) is 52.4 Å². The first-order chi connectivity index (χ1) is 11.8. The van der Waals surface area contributed by atoms with E-state index in [1.807, 2.05) is 0 Å². The first kappa shape index (κ1) is 15.1. The molecule has 1 aliphatic carbocycles. The Labute approximate surface area is 143 Å². The Hall–Kier alpha value is -1.14. The van der Waals surface area contributed by atoms with Crippen LogP contribution < -0.4 is 4.90 Å². The third kappa shape index (κ3) is 2.54. The summed E-state index contributed by atoms with van der Waals surface area (Å²) in [5.41, 5.74) is 0. The number of hydrogen-bond acceptors (Lipinski definition) is 5. The van der Waals surface area contributed by atoms with Gasteiger partial charge < -0.3 is 14.4 Å². The van der Waals surface area contributed by atoms with Gasteiger partial charge in [0, 0.05) is 19.2 Å².